The van der Waals surface area contributed by atoms with Crippen LogP contribution in [0.25, 0.3) is 11.5 Å². The van der Waals surface area contributed by atoms with E-state index in [1.54, 1.807) is 12.5 Å². The lowest BCUT2D eigenvalue weighted by molar-refractivity contribution is -0.693. The summed E-state index contributed by atoms with van der Waals surface area (Å²) in [5.74, 6) is 1.29. The van der Waals surface area contributed by atoms with E-state index in [9.17, 15) is 0 Å². The molecule has 30 heavy (non-hydrogen) atoms. The second-order valence-electron chi connectivity index (χ2n) is 7.87. The molecule has 7 heteroatoms. The molecule has 0 spiro atoms. The van der Waals surface area contributed by atoms with Crippen LogP contribution in [0.3, 0.4) is 0 Å². The van der Waals surface area contributed by atoms with E-state index < -0.39 is 0 Å². The monoisotopic (exact) mass is 407 g/mol. The van der Waals surface area contributed by atoms with Crippen LogP contribution >= 0.6 is 0 Å². The molecular formula is C23H27N4O3+. The third kappa shape index (κ3) is 4.23. The van der Waals surface area contributed by atoms with E-state index in [0.717, 1.165) is 30.8 Å². The molecule has 1 aromatic carbocycles. The lowest BCUT2D eigenvalue weighted by Gasteiger charge is -2.17. The summed E-state index contributed by atoms with van der Waals surface area (Å²) in [6.45, 7) is 2.38. The van der Waals surface area contributed by atoms with Crippen LogP contribution in [-0.4, -0.2) is 54.0 Å². The highest BCUT2D eigenvalue weighted by Crippen LogP contribution is 2.27. The van der Waals surface area contributed by atoms with Crippen molar-refractivity contribution in [2.45, 2.75) is 37.1 Å². The van der Waals surface area contributed by atoms with Gasteiger partial charge in [0.2, 0.25) is 5.95 Å². The van der Waals surface area contributed by atoms with E-state index in [-0.39, 0.29) is 18.2 Å². The number of quaternary nitrogens is 1. The lowest BCUT2D eigenvalue weighted by Crippen LogP contribution is -2.92. The molecule has 3 aromatic rings. The summed E-state index contributed by atoms with van der Waals surface area (Å²) in [6.07, 6.45) is 5.76. The Morgan fingerprint density at radius 1 is 1.00 bits per heavy atom. The van der Waals surface area contributed by atoms with E-state index in [4.69, 9.17) is 13.9 Å². The predicted octanol–water partition coefficient (Wildman–Crippen LogP) is 1.88. The summed E-state index contributed by atoms with van der Waals surface area (Å²) in [5, 5.41) is 5.78. The molecule has 0 amide bonds. The molecule has 4 atom stereocenters. The summed E-state index contributed by atoms with van der Waals surface area (Å²) in [7, 11) is 0. The average Bonchev–Trinajstić information content (AvgIpc) is 3.52. The van der Waals surface area contributed by atoms with Crippen LogP contribution in [0, 0.1) is 0 Å². The fourth-order valence-electron chi connectivity index (χ4n) is 4.29. The van der Waals surface area contributed by atoms with Gasteiger partial charge in [-0.15, -0.1) is 0 Å². The number of benzene rings is 1. The average molecular weight is 407 g/mol. The Balaban J connectivity index is 1.13. The molecule has 0 radical (unpaired) electrons. The molecule has 2 aromatic heterocycles. The maximum absolute atomic E-state index is 6.10. The quantitative estimate of drug-likeness (QED) is 0.555. The van der Waals surface area contributed by atoms with Crippen LogP contribution in [0.15, 0.2) is 65.4 Å². The second kappa shape index (κ2) is 8.95. The van der Waals surface area contributed by atoms with Crippen molar-refractivity contribution in [3.63, 3.8) is 0 Å². The number of rotatable bonds is 8. The topological polar surface area (TPSA) is 86.0 Å². The summed E-state index contributed by atoms with van der Waals surface area (Å²) in [4.78, 5) is 8.92. The van der Waals surface area contributed by atoms with Gasteiger partial charge < -0.3 is 24.5 Å². The van der Waals surface area contributed by atoms with Gasteiger partial charge in [0.25, 0.3) is 0 Å². The first-order chi connectivity index (χ1) is 14.9. The first-order valence-electron chi connectivity index (χ1n) is 10.6. The Labute approximate surface area is 175 Å². The minimum atomic E-state index is 0.0243. The number of anilines is 1. The van der Waals surface area contributed by atoms with Crippen molar-refractivity contribution in [2.24, 2.45) is 0 Å². The molecule has 2 fully saturated rings. The van der Waals surface area contributed by atoms with Crippen molar-refractivity contribution < 1.29 is 19.2 Å². The number of furan rings is 1. The van der Waals surface area contributed by atoms with Crippen LogP contribution in [0.2, 0.25) is 0 Å². The maximum Gasteiger partial charge on any atom is 0.223 e. The highest BCUT2D eigenvalue weighted by atomic mass is 16.6. The summed E-state index contributed by atoms with van der Waals surface area (Å²) in [6, 6.07) is 16.6. The van der Waals surface area contributed by atoms with E-state index in [1.807, 2.05) is 18.2 Å². The molecule has 2 saturated heterocycles. The fourth-order valence-corrected chi connectivity index (χ4v) is 4.29. The smallest absolute Gasteiger partial charge is 0.223 e. The van der Waals surface area contributed by atoms with Gasteiger partial charge in [0, 0.05) is 12.6 Å². The molecule has 0 saturated carbocycles. The van der Waals surface area contributed by atoms with E-state index >= 15 is 0 Å². The zero-order valence-electron chi connectivity index (χ0n) is 16.8. The summed E-state index contributed by atoms with van der Waals surface area (Å²) >= 11 is 0. The third-order valence-corrected chi connectivity index (χ3v) is 5.82. The number of ether oxygens (including phenoxy) is 2. The number of aryl methyl sites for hydroxylation is 1. The van der Waals surface area contributed by atoms with Gasteiger partial charge in [-0.2, -0.15) is 0 Å². The maximum atomic E-state index is 6.10. The van der Waals surface area contributed by atoms with Crippen molar-refractivity contribution in [3.8, 4) is 11.5 Å². The minimum absolute atomic E-state index is 0.0243. The van der Waals surface area contributed by atoms with Crippen LogP contribution in [-0.2, 0) is 15.9 Å². The Hall–Kier alpha value is -2.74. The van der Waals surface area contributed by atoms with Gasteiger partial charge in [0.05, 0.1) is 25.5 Å². The van der Waals surface area contributed by atoms with Crippen LogP contribution < -0.4 is 10.6 Å². The van der Waals surface area contributed by atoms with Crippen molar-refractivity contribution in [2.75, 3.05) is 25.1 Å². The number of hydrogen-bond donors (Lipinski definition) is 2. The van der Waals surface area contributed by atoms with E-state index in [1.165, 1.54) is 5.56 Å². The fraction of sp³-hybridized carbons (Fsp3) is 0.391. The Morgan fingerprint density at radius 2 is 1.90 bits per heavy atom. The number of aromatic nitrogens is 2. The van der Waals surface area contributed by atoms with Crippen molar-refractivity contribution >= 4 is 5.95 Å². The lowest BCUT2D eigenvalue weighted by atomic mass is 10.1. The number of nitrogens with zero attached hydrogens (tertiary/aromatic N) is 2. The number of nitrogens with two attached hydrogens (primary N) is 1. The van der Waals surface area contributed by atoms with Gasteiger partial charge in [-0.3, -0.25) is 0 Å². The molecule has 2 aliphatic heterocycles. The summed E-state index contributed by atoms with van der Waals surface area (Å²) < 4.78 is 17.6. The van der Waals surface area contributed by atoms with Gasteiger partial charge in [-0.05, 0) is 30.2 Å². The first-order valence-corrected chi connectivity index (χ1v) is 10.6. The van der Waals surface area contributed by atoms with Crippen LogP contribution in [0.4, 0.5) is 5.95 Å². The molecule has 2 aliphatic rings. The van der Waals surface area contributed by atoms with Crippen molar-refractivity contribution in [1.82, 2.24) is 9.97 Å². The van der Waals surface area contributed by atoms with E-state index in [0.29, 0.717) is 25.2 Å². The normalized spacial score (nSPS) is 25.3. The number of fused-ring (bicyclic) bond motifs is 1. The molecule has 3 N–H and O–H groups in total. The Kier molecular flexibility index (Phi) is 5.74. The second-order valence-corrected chi connectivity index (χ2v) is 7.87. The van der Waals surface area contributed by atoms with Crippen LogP contribution in [0.5, 0.6) is 0 Å². The Bertz CT molecular complexity index is 935. The number of hydrogen-bond acceptors (Lipinski definition) is 6. The molecule has 0 bridgehead atoms. The first kappa shape index (κ1) is 19.2. The molecular weight excluding hydrogens is 380 g/mol. The third-order valence-electron chi connectivity index (χ3n) is 5.82. The highest BCUT2D eigenvalue weighted by Gasteiger charge is 2.49. The standard InChI is InChI=1S/C23H26N4O3/c1-2-6-16(7-3-1)8-4-11-24-18-14-29-22-19(15-30-21(18)22)27-23-25-12-10-17(26-23)20-9-5-13-28-20/h1-3,5-7,9-10,12-13,18-19,21-22,24H,4,8,11,14-15H2,(H,25,26,27)/p+1/t18-,19-,21+,22+/m0/s1. The zero-order chi connectivity index (χ0) is 20.2. The molecule has 4 heterocycles. The van der Waals surface area contributed by atoms with Gasteiger partial charge >= 0.3 is 0 Å². The van der Waals surface area contributed by atoms with Crippen LogP contribution in [0.1, 0.15) is 12.0 Å². The number of nitrogens with one attached hydrogen (secondary N) is 1. The van der Waals surface area contributed by atoms with Gasteiger partial charge in [-0.1, -0.05) is 30.3 Å². The molecule has 0 aliphatic carbocycles. The molecule has 156 valence electrons. The van der Waals surface area contributed by atoms with Crippen molar-refractivity contribution in [1.29, 1.82) is 0 Å². The SMILES string of the molecule is c1ccc(CCC[NH2+][C@H]2CO[C@H]3[C@@H]2OC[C@@H]3Nc2nccc(-c3ccco3)n2)cc1. The predicted molar refractivity (Wildman–Crippen MR) is 112 cm³/mol. The Morgan fingerprint density at radius 3 is 2.77 bits per heavy atom. The van der Waals surface area contributed by atoms with Gasteiger partial charge in [0.1, 0.15) is 30.6 Å². The van der Waals surface area contributed by atoms with E-state index in [2.05, 4.69) is 50.9 Å². The summed E-state index contributed by atoms with van der Waals surface area (Å²) in [5.41, 5.74) is 2.15. The molecule has 7 nitrogen and oxygen atoms in total. The van der Waals surface area contributed by atoms with Crippen molar-refractivity contribution in [3.05, 3.63) is 66.6 Å². The van der Waals surface area contributed by atoms with Gasteiger partial charge in [0.15, 0.2) is 5.76 Å². The largest absolute Gasteiger partial charge is 0.463 e. The minimum Gasteiger partial charge on any atom is -0.463 e. The molecule has 5 rings (SSSR count). The highest BCUT2D eigenvalue weighted by molar-refractivity contribution is 5.53. The molecule has 0 unspecified atom stereocenters. The zero-order valence-corrected chi connectivity index (χ0v) is 16.8. The van der Waals surface area contributed by atoms with Gasteiger partial charge in [-0.25, -0.2) is 9.97 Å².